The van der Waals surface area contributed by atoms with Gasteiger partial charge >= 0.3 is 0 Å². The minimum absolute atomic E-state index is 0.156. The van der Waals surface area contributed by atoms with E-state index in [9.17, 15) is 19.2 Å². The molecule has 8 heteroatoms. The summed E-state index contributed by atoms with van der Waals surface area (Å²) in [5.74, 6) is -0.891. The maximum absolute atomic E-state index is 14.5. The van der Waals surface area contributed by atoms with Gasteiger partial charge in [-0.15, -0.1) is 0 Å². The number of benzene rings is 5. The van der Waals surface area contributed by atoms with Crippen molar-refractivity contribution in [1.29, 1.82) is 0 Å². The molecule has 0 N–H and O–H groups in total. The summed E-state index contributed by atoms with van der Waals surface area (Å²) in [4.78, 5) is 60.3. The van der Waals surface area contributed by atoms with Crippen LogP contribution in [0.5, 0.6) is 5.75 Å². The second-order valence-corrected chi connectivity index (χ2v) is 11.6. The minimum atomic E-state index is -0.496. The number of hydrogen-bond acceptors (Lipinski definition) is 5. The standard InChI is InChI=1S/C38H31N3O5/c1-24-22-33(29-14-6-7-17-32(29)40(24)36(43)26-18-20-28(46-2)21-19-26)41(27-12-4-3-5-13-27)34(42)23-39-37(44)30-15-8-10-25-11-9-16-31(35(25)30)38(39)45/h3-21,24,33H,22-23H2,1-2H3/t24-,33-/m0/s1. The van der Waals surface area contributed by atoms with Gasteiger partial charge in [-0.1, -0.05) is 60.7 Å². The number of fused-ring (bicyclic) bond motifs is 1. The van der Waals surface area contributed by atoms with Gasteiger partial charge in [0.05, 0.1) is 13.2 Å². The summed E-state index contributed by atoms with van der Waals surface area (Å²) in [7, 11) is 1.58. The number of hydrogen-bond donors (Lipinski definition) is 0. The van der Waals surface area contributed by atoms with Crippen molar-refractivity contribution >= 4 is 45.8 Å². The van der Waals surface area contributed by atoms with Crippen molar-refractivity contribution in [3.8, 4) is 5.75 Å². The third-order valence-corrected chi connectivity index (χ3v) is 8.88. The van der Waals surface area contributed by atoms with Crippen LogP contribution in [0.3, 0.4) is 0 Å². The molecule has 7 rings (SSSR count). The molecule has 0 aromatic heterocycles. The Hall–Kier alpha value is -5.76. The first-order chi connectivity index (χ1) is 22.4. The summed E-state index contributed by atoms with van der Waals surface area (Å²) in [5.41, 5.74) is 3.45. The molecular weight excluding hydrogens is 578 g/mol. The average Bonchev–Trinajstić information content (AvgIpc) is 3.09. The molecule has 0 aliphatic carbocycles. The fourth-order valence-electron chi connectivity index (χ4n) is 6.73. The zero-order valence-corrected chi connectivity index (χ0v) is 25.4. The Balaban J connectivity index is 1.26. The zero-order chi connectivity index (χ0) is 31.9. The first kappa shape index (κ1) is 29.0. The number of rotatable bonds is 6. The highest BCUT2D eigenvalue weighted by atomic mass is 16.5. The Morgan fingerprint density at radius 3 is 2.07 bits per heavy atom. The van der Waals surface area contributed by atoms with Crippen LogP contribution < -0.4 is 14.5 Å². The Kier molecular flexibility index (Phi) is 7.33. The van der Waals surface area contributed by atoms with E-state index >= 15 is 0 Å². The van der Waals surface area contributed by atoms with E-state index in [4.69, 9.17) is 4.74 Å². The maximum atomic E-state index is 14.5. The number of carbonyl (C=O) groups is 4. The molecule has 0 bridgehead atoms. The van der Waals surface area contributed by atoms with Crippen LogP contribution in [0.2, 0.25) is 0 Å². The lowest BCUT2D eigenvalue weighted by Gasteiger charge is -2.44. The lowest BCUT2D eigenvalue weighted by Crippen LogP contribution is -2.51. The molecule has 0 unspecified atom stereocenters. The normalized spacial score (nSPS) is 17.1. The molecule has 5 aromatic carbocycles. The number of nitrogens with zero attached hydrogens (tertiary/aromatic N) is 3. The molecule has 0 saturated carbocycles. The predicted molar refractivity (Wildman–Crippen MR) is 176 cm³/mol. The van der Waals surface area contributed by atoms with Gasteiger partial charge in [-0.2, -0.15) is 0 Å². The highest BCUT2D eigenvalue weighted by molar-refractivity contribution is 6.26. The fraction of sp³-hybridized carbons (Fsp3) is 0.158. The van der Waals surface area contributed by atoms with Crippen molar-refractivity contribution in [2.75, 3.05) is 23.5 Å². The van der Waals surface area contributed by atoms with Crippen LogP contribution in [0.25, 0.3) is 10.8 Å². The van der Waals surface area contributed by atoms with Crippen molar-refractivity contribution in [3.63, 3.8) is 0 Å². The van der Waals surface area contributed by atoms with E-state index < -0.39 is 30.3 Å². The first-order valence-corrected chi connectivity index (χ1v) is 15.2. The minimum Gasteiger partial charge on any atom is -0.497 e. The van der Waals surface area contributed by atoms with Gasteiger partial charge in [0.25, 0.3) is 17.7 Å². The molecular formula is C38H31N3O5. The monoisotopic (exact) mass is 609 g/mol. The van der Waals surface area contributed by atoms with Crippen molar-refractivity contribution in [2.45, 2.75) is 25.4 Å². The SMILES string of the molecule is COc1ccc(C(=O)N2c3ccccc3[C@@H](N(C(=O)CN3C(=O)c4cccc5cccc(c45)C3=O)c3ccccc3)C[C@@H]2C)cc1. The summed E-state index contributed by atoms with van der Waals surface area (Å²) in [6.07, 6.45) is 0.434. The van der Waals surface area contributed by atoms with E-state index in [1.54, 1.807) is 65.4 Å². The molecule has 8 nitrogen and oxygen atoms in total. The third-order valence-electron chi connectivity index (χ3n) is 8.88. The summed E-state index contributed by atoms with van der Waals surface area (Å²) in [6.45, 7) is 1.53. The van der Waals surface area contributed by atoms with Crippen molar-refractivity contribution in [2.24, 2.45) is 0 Å². The Bertz CT molecular complexity index is 1960. The van der Waals surface area contributed by atoms with E-state index in [1.165, 1.54) is 0 Å². The Morgan fingerprint density at radius 1 is 0.783 bits per heavy atom. The van der Waals surface area contributed by atoms with Gasteiger partial charge in [0.15, 0.2) is 0 Å². The van der Waals surface area contributed by atoms with Crippen LogP contribution in [0.4, 0.5) is 11.4 Å². The van der Waals surface area contributed by atoms with Gasteiger partial charge in [0, 0.05) is 39.5 Å². The maximum Gasteiger partial charge on any atom is 0.261 e. The molecule has 228 valence electrons. The molecule has 2 aliphatic rings. The summed E-state index contributed by atoms with van der Waals surface area (Å²) in [5, 5.41) is 1.41. The largest absolute Gasteiger partial charge is 0.497 e. The van der Waals surface area contributed by atoms with E-state index in [1.807, 2.05) is 73.7 Å². The van der Waals surface area contributed by atoms with Gasteiger partial charge in [-0.25, -0.2) is 0 Å². The topological polar surface area (TPSA) is 87.2 Å². The molecule has 0 saturated heterocycles. The van der Waals surface area contributed by atoms with Gasteiger partial charge in [-0.05, 0) is 78.9 Å². The molecule has 46 heavy (non-hydrogen) atoms. The second-order valence-electron chi connectivity index (χ2n) is 11.6. The molecule has 4 amide bonds. The third kappa shape index (κ3) is 4.79. The molecule has 5 aromatic rings. The van der Waals surface area contributed by atoms with E-state index in [-0.39, 0.29) is 11.9 Å². The van der Waals surface area contributed by atoms with Crippen LogP contribution in [0.15, 0.2) is 115 Å². The predicted octanol–water partition coefficient (Wildman–Crippen LogP) is 6.66. The highest BCUT2D eigenvalue weighted by Crippen LogP contribution is 2.43. The zero-order valence-electron chi connectivity index (χ0n) is 25.4. The van der Waals surface area contributed by atoms with Gasteiger partial charge < -0.3 is 14.5 Å². The number of anilines is 2. The molecule has 2 heterocycles. The van der Waals surface area contributed by atoms with Crippen LogP contribution in [-0.4, -0.2) is 48.2 Å². The van der Waals surface area contributed by atoms with Gasteiger partial charge in [0.1, 0.15) is 12.3 Å². The highest BCUT2D eigenvalue weighted by Gasteiger charge is 2.41. The molecule has 2 atom stereocenters. The number of para-hydroxylation sites is 2. The van der Waals surface area contributed by atoms with Crippen molar-refractivity contribution < 1.29 is 23.9 Å². The van der Waals surface area contributed by atoms with E-state index in [0.717, 1.165) is 15.8 Å². The van der Waals surface area contributed by atoms with Crippen LogP contribution in [-0.2, 0) is 4.79 Å². The molecule has 0 radical (unpaired) electrons. The van der Waals surface area contributed by atoms with Crippen LogP contribution >= 0.6 is 0 Å². The quantitative estimate of drug-likeness (QED) is 0.201. The summed E-state index contributed by atoms with van der Waals surface area (Å²) in [6, 6.07) is 33.8. The van der Waals surface area contributed by atoms with E-state index in [0.29, 0.717) is 45.6 Å². The first-order valence-electron chi connectivity index (χ1n) is 15.2. The van der Waals surface area contributed by atoms with Crippen LogP contribution in [0, 0.1) is 0 Å². The van der Waals surface area contributed by atoms with Gasteiger partial charge in [-0.3, -0.25) is 24.1 Å². The molecule has 0 spiro atoms. The summed E-state index contributed by atoms with van der Waals surface area (Å²) >= 11 is 0. The number of amides is 4. The van der Waals surface area contributed by atoms with Crippen molar-refractivity contribution in [3.05, 3.63) is 138 Å². The Labute approximate surface area is 266 Å². The Morgan fingerprint density at radius 2 is 1.41 bits per heavy atom. The second kappa shape index (κ2) is 11.6. The smallest absolute Gasteiger partial charge is 0.261 e. The fourth-order valence-corrected chi connectivity index (χ4v) is 6.73. The number of ether oxygens (including phenoxy) is 1. The van der Waals surface area contributed by atoms with Crippen LogP contribution in [0.1, 0.15) is 56.0 Å². The molecule has 2 aliphatic heterocycles. The average molecular weight is 610 g/mol. The number of carbonyl (C=O) groups excluding carboxylic acids is 4. The number of imide groups is 1. The lowest BCUT2D eigenvalue weighted by molar-refractivity contribution is -0.119. The van der Waals surface area contributed by atoms with Gasteiger partial charge in [0.2, 0.25) is 5.91 Å². The lowest BCUT2D eigenvalue weighted by atomic mass is 9.89. The number of methoxy groups -OCH3 is 1. The van der Waals surface area contributed by atoms with E-state index in [2.05, 4.69) is 0 Å². The molecule has 0 fully saturated rings. The van der Waals surface area contributed by atoms with Crippen molar-refractivity contribution in [1.82, 2.24) is 4.90 Å². The summed E-state index contributed by atoms with van der Waals surface area (Å²) < 4.78 is 5.27.